The minimum absolute atomic E-state index is 0. The van der Waals surface area contributed by atoms with E-state index in [0.29, 0.717) is 0 Å². The van der Waals surface area contributed by atoms with Crippen LogP contribution in [-0.2, 0) is 4.79 Å². The van der Waals surface area contributed by atoms with E-state index >= 15 is 0 Å². The second kappa shape index (κ2) is 4.31. The van der Waals surface area contributed by atoms with Crippen LogP contribution in [0.2, 0.25) is 0 Å². The maximum Gasteiger partial charge on any atom is 0.289 e. The van der Waals surface area contributed by atoms with Gasteiger partial charge < -0.3 is 30.1 Å². The number of amides is 1. The highest BCUT2D eigenvalue weighted by Crippen LogP contribution is 2.09. The molecule has 0 saturated carbocycles. The van der Waals surface area contributed by atoms with Crippen molar-refractivity contribution >= 4 is 5.91 Å². The molecule has 1 amide bonds. The first-order valence-electron chi connectivity index (χ1n) is 3.73. The molecule has 0 spiro atoms. The summed E-state index contributed by atoms with van der Waals surface area (Å²) in [6, 6.07) is 0. The molecule has 3 N–H and O–H groups in total. The molecule has 13 heavy (non-hydrogen) atoms. The molecular formula is C8H15Cl2N2O-. The third-order valence-electron chi connectivity index (χ3n) is 2.01. The minimum Gasteiger partial charge on any atom is -1.00 e. The molecule has 1 rings (SSSR count). The minimum atomic E-state index is -0.483. The van der Waals surface area contributed by atoms with Crippen molar-refractivity contribution in [1.82, 2.24) is 5.32 Å². The Labute approximate surface area is 91.2 Å². The number of hydrogen-bond acceptors (Lipinski definition) is 1. The van der Waals surface area contributed by atoms with E-state index in [1.807, 2.05) is 26.1 Å². The van der Waals surface area contributed by atoms with Crippen LogP contribution in [0.3, 0.4) is 0 Å². The summed E-state index contributed by atoms with van der Waals surface area (Å²) in [5.41, 5.74) is -0.677. The molecule has 0 radical (unpaired) electrons. The van der Waals surface area contributed by atoms with Crippen LogP contribution >= 0.6 is 0 Å². The summed E-state index contributed by atoms with van der Waals surface area (Å²) in [6.45, 7) is 9.45. The van der Waals surface area contributed by atoms with Gasteiger partial charge in [0.2, 0.25) is 0 Å². The quantitative estimate of drug-likeness (QED) is 0.429. The van der Waals surface area contributed by atoms with Crippen molar-refractivity contribution in [1.29, 1.82) is 0 Å². The maximum atomic E-state index is 11.3. The van der Waals surface area contributed by atoms with Crippen molar-refractivity contribution in [3.05, 3.63) is 12.7 Å². The Bertz CT molecular complexity index is 218. The zero-order valence-electron chi connectivity index (χ0n) is 8.03. The van der Waals surface area contributed by atoms with Crippen LogP contribution < -0.4 is 35.4 Å². The molecule has 0 aromatic heterocycles. The Morgan fingerprint density at radius 3 is 2.00 bits per heavy atom. The SMILES string of the molecule is C=CC1(C)[NH2+]C(C)(C)NC1=O.[Cl-].[Cl-]. The first-order chi connectivity index (χ1) is 4.90. The van der Waals surface area contributed by atoms with E-state index < -0.39 is 5.54 Å². The fourth-order valence-electron chi connectivity index (χ4n) is 1.43. The molecule has 1 saturated heterocycles. The number of hydrogen-bond donors (Lipinski definition) is 2. The lowest BCUT2D eigenvalue weighted by molar-refractivity contribution is -0.747. The van der Waals surface area contributed by atoms with Crippen molar-refractivity contribution in [3.8, 4) is 0 Å². The van der Waals surface area contributed by atoms with Crippen LogP contribution in [0.4, 0.5) is 0 Å². The lowest BCUT2D eigenvalue weighted by atomic mass is 10.0. The predicted molar refractivity (Wildman–Crippen MR) is 42.7 cm³/mol. The number of carbonyl (C=O) groups is 1. The first kappa shape index (κ1) is 15.2. The Balaban J connectivity index is 0. The molecule has 0 aromatic rings. The first-order valence-corrected chi connectivity index (χ1v) is 3.73. The van der Waals surface area contributed by atoms with Crippen LogP contribution in [0.15, 0.2) is 12.7 Å². The highest BCUT2D eigenvalue weighted by molar-refractivity contribution is 5.88. The van der Waals surface area contributed by atoms with Crippen molar-refractivity contribution < 1.29 is 34.9 Å². The fourth-order valence-corrected chi connectivity index (χ4v) is 1.43. The normalized spacial score (nSPS) is 29.6. The maximum absolute atomic E-state index is 11.3. The van der Waals surface area contributed by atoms with E-state index in [1.165, 1.54) is 0 Å². The van der Waals surface area contributed by atoms with E-state index in [9.17, 15) is 4.79 Å². The number of quaternary nitrogens is 1. The van der Waals surface area contributed by atoms with Gasteiger partial charge in [0, 0.05) is 20.8 Å². The van der Waals surface area contributed by atoms with Gasteiger partial charge in [-0.15, -0.1) is 0 Å². The summed E-state index contributed by atoms with van der Waals surface area (Å²) >= 11 is 0. The molecule has 0 aliphatic carbocycles. The molecular weight excluding hydrogens is 211 g/mol. The highest BCUT2D eigenvalue weighted by atomic mass is 35.5. The Morgan fingerprint density at radius 2 is 1.85 bits per heavy atom. The topological polar surface area (TPSA) is 45.7 Å². The molecule has 1 heterocycles. The predicted octanol–water partition coefficient (Wildman–Crippen LogP) is -6.63. The number of halogens is 2. The van der Waals surface area contributed by atoms with Crippen molar-refractivity contribution in [3.63, 3.8) is 0 Å². The van der Waals surface area contributed by atoms with Crippen LogP contribution in [0, 0.1) is 0 Å². The van der Waals surface area contributed by atoms with Gasteiger partial charge in [0.25, 0.3) is 5.91 Å². The number of carbonyl (C=O) groups excluding carboxylic acids is 1. The van der Waals surface area contributed by atoms with Crippen molar-refractivity contribution in [2.45, 2.75) is 32.0 Å². The molecule has 1 unspecified atom stereocenters. The summed E-state index contributed by atoms with van der Waals surface area (Å²) in [7, 11) is 0. The van der Waals surface area contributed by atoms with Gasteiger partial charge in [-0.3, -0.25) is 10.1 Å². The monoisotopic (exact) mass is 225 g/mol. The average molecular weight is 226 g/mol. The molecule has 1 fully saturated rings. The smallest absolute Gasteiger partial charge is 0.289 e. The van der Waals surface area contributed by atoms with Crippen molar-refractivity contribution in [2.24, 2.45) is 0 Å². The summed E-state index contributed by atoms with van der Waals surface area (Å²) in [5, 5.41) is 4.85. The number of nitrogens with two attached hydrogens (primary N) is 1. The zero-order chi connectivity index (χ0) is 8.70. The van der Waals surface area contributed by atoms with Gasteiger partial charge in [-0.25, -0.2) is 0 Å². The Hall–Kier alpha value is -0.250. The lowest BCUT2D eigenvalue weighted by Gasteiger charge is -2.17. The zero-order valence-corrected chi connectivity index (χ0v) is 9.54. The third kappa shape index (κ3) is 2.86. The van der Waals surface area contributed by atoms with Gasteiger partial charge >= 0.3 is 0 Å². The molecule has 0 aromatic carbocycles. The van der Waals surface area contributed by atoms with Gasteiger partial charge in [0.1, 0.15) is 0 Å². The Morgan fingerprint density at radius 1 is 1.38 bits per heavy atom. The molecule has 78 valence electrons. The summed E-state index contributed by atoms with van der Waals surface area (Å²) in [6.07, 6.45) is 1.68. The van der Waals surface area contributed by atoms with Crippen LogP contribution in [0.1, 0.15) is 20.8 Å². The Kier molecular flexibility index (Phi) is 5.05. The second-order valence-electron chi connectivity index (χ2n) is 3.81. The molecule has 1 atom stereocenters. The van der Waals surface area contributed by atoms with Crippen molar-refractivity contribution in [2.75, 3.05) is 0 Å². The van der Waals surface area contributed by atoms with E-state index in [2.05, 4.69) is 11.9 Å². The van der Waals surface area contributed by atoms with E-state index in [4.69, 9.17) is 0 Å². The largest absolute Gasteiger partial charge is 1.00 e. The third-order valence-corrected chi connectivity index (χ3v) is 2.01. The van der Waals surface area contributed by atoms with Crippen LogP contribution in [-0.4, -0.2) is 17.1 Å². The average Bonchev–Trinajstić information content (AvgIpc) is 2.03. The molecule has 3 nitrogen and oxygen atoms in total. The number of nitrogens with one attached hydrogen (secondary N) is 1. The molecule has 1 aliphatic heterocycles. The van der Waals surface area contributed by atoms with Crippen LogP contribution in [0.5, 0.6) is 0 Å². The molecule has 1 aliphatic rings. The van der Waals surface area contributed by atoms with E-state index in [-0.39, 0.29) is 36.4 Å². The second-order valence-corrected chi connectivity index (χ2v) is 3.81. The van der Waals surface area contributed by atoms with Gasteiger partial charge in [0.15, 0.2) is 11.2 Å². The van der Waals surface area contributed by atoms with Crippen LogP contribution in [0.25, 0.3) is 0 Å². The van der Waals surface area contributed by atoms with Gasteiger partial charge in [-0.1, -0.05) is 6.58 Å². The number of rotatable bonds is 1. The standard InChI is InChI=1S/C8H14N2O.2ClH/c1-5-8(4)6(11)9-7(2,3)10-8;;/h5,10H,1H2,2-4H3,(H,9,11);2*1H/p-1. The molecule has 5 heteroatoms. The lowest BCUT2D eigenvalue weighted by Crippen LogP contribution is -3.01. The van der Waals surface area contributed by atoms with E-state index in [0.717, 1.165) is 0 Å². The summed E-state index contributed by atoms with van der Waals surface area (Å²) in [5.74, 6) is 0.0394. The highest BCUT2D eigenvalue weighted by Gasteiger charge is 2.48. The fraction of sp³-hybridized carbons (Fsp3) is 0.625. The summed E-state index contributed by atoms with van der Waals surface area (Å²) < 4.78 is 0. The van der Waals surface area contributed by atoms with E-state index in [1.54, 1.807) is 6.08 Å². The van der Waals surface area contributed by atoms with Gasteiger partial charge in [-0.2, -0.15) is 0 Å². The molecule has 0 bridgehead atoms. The summed E-state index contributed by atoms with van der Waals surface area (Å²) in [4.78, 5) is 11.3. The van der Waals surface area contributed by atoms with Gasteiger partial charge in [0.05, 0.1) is 0 Å². The van der Waals surface area contributed by atoms with Gasteiger partial charge in [-0.05, 0) is 6.08 Å².